The molecule has 3 nitrogen and oxygen atoms in total. The number of carbonyl (C=O) groups is 1. The highest BCUT2D eigenvalue weighted by Gasteiger charge is 2.50. The number of hydrogen-bond donors (Lipinski definition) is 2. The van der Waals surface area contributed by atoms with Crippen LogP contribution in [0.3, 0.4) is 0 Å². The zero-order chi connectivity index (χ0) is 15.5. The minimum atomic E-state index is 0.00773. The number of carbonyl (C=O) groups excluding carboxylic acids is 1. The van der Waals surface area contributed by atoms with Gasteiger partial charge in [0, 0.05) is 17.9 Å². The molecule has 0 heterocycles. The normalized spacial score (nSPS) is 20.1. The Morgan fingerprint density at radius 3 is 2.57 bits per heavy atom. The van der Waals surface area contributed by atoms with Crippen molar-refractivity contribution in [2.75, 3.05) is 6.61 Å². The summed E-state index contributed by atoms with van der Waals surface area (Å²) in [6, 6.07) is 7.89. The molecule has 1 fully saturated rings. The lowest BCUT2D eigenvalue weighted by Crippen LogP contribution is -2.29. The second kappa shape index (κ2) is 6.32. The summed E-state index contributed by atoms with van der Waals surface area (Å²) in [5.74, 6) is 6.20. The van der Waals surface area contributed by atoms with Crippen molar-refractivity contribution in [3.8, 4) is 11.8 Å². The Bertz CT molecular complexity index is 563. The maximum atomic E-state index is 12.1. The van der Waals surface area contributed by atoms with E-state index in [1.54, 1.807) is 0 Å². The molecule has 0 aliphatic heterocycles. The summed E-state index contributed by atoms with van der Waals surface area (Å²) in [6.07, 6.45) is 1.47. The summed E-state index contributed by atoms with van der Waals surface area (Å²) in [5.41, 5.74) is 2.17. The Hall–Kier alpha value is -1.79. The summed E-state index contributed by atoms with van der Waals surface area (Å²) in [5, 5.41) is 11.8. The molecule has 0 spiro atoms. The van der Waals surface area contributed by atoms with Crippen molar-refractivity contribution in [3.05, 3.63) is 35.4 Å². The van der Waals surface area contributed by atoms with Gasteiger partial charge in [0.05, 0.1) is 12.6 Å². The van der Waals surface area contributed by atoms with E-state index in [0.29, 0.717) is 6.42 Å². The average molecular weight is 285 g/mol. The molecule has 1 saturated carbocycles. The molecule has 2 unspecified atom stereocenters. The first-order valence-corrected chi connectivity index (χ1v) is 7.44. The largest absolute Gasteiger partial charge is 0.395 e. The quantitative estimate of drug-likeness (QED) is 0.836. The maximum absolute atomic E-state index is 12.1. The van der Waals surface area contributed by atoms with E-state index in [1.807, 2.05) is 31.2 Å². The molecule has 2 rings (SSSR count). The van der Waals surface area contributed by atoms with E-state index in [9.17, 15) is 4.79 Å². The predicted molar refractivity (Wildman–Crippen MR) is 83.5 cm³/mol. The maximum Gasteiger partial charge on any atom is 0.224 e. The van der Waals surface area contributed by atoms with Crippen LogP contribution in [0.5, 0.6) is 0 Å². The van der Waals surface area contributed by atoms with Crippen molar-refractivity contribution < 1.29 is 9.90 Å². The van der Waals surface area contributed by atoms with Gasteiger partial charge in [-0.3, -0.25) is 4.79 Å². The minimum Gasteiger partial charge on any atom is -0.395 e. The molecule has 1 aromatic rings. The van der Waals surface area contributed by atoms with E-state index in [0.717, 1.165) is 17.5 Å². The highest BCUT2D eigenvalue weighted by Crippen LogP contribution is 2.51. The van der Waals surface area contributed by atoms with Gasteiger partial charge in [0.2, 0.25) is 5.91 Å². The predicted octanol–water partition coefficient (Wildman–Crippen LogP) is 2.64. The third kappa shape index (κ3) is 4.09. The van der Waals surface area contributed by atoms with Crippen LogP contribution in [0, 0.1) is 23.2 Å². The minimum absolute atomic E-state index is 0.00773. The molecule has 2 atom stereocenters. The van der Waals surface area contributed by atoms with Crippen LogP contribution >= 0.6 is 0 Å². The molecule has 1 amide bonds. The topological polar surface area (TPSA) is 49.3 Å². The van der Waals surface area contributed by atoms with Gasteiger partial charge in [0.25, 0.3) is 0 Å². The first-order valence-electron chi connectivity index (χ1n) is 7.44. The smallest absolute Gasteiger partial charge is 0.224 e. The van der Waals surface area contributed by atoms with E-state index < -0.39 is 0 Å². The molecule has 3 heteroatoms. The van der Waals surface area contributed by atoms with Gasteiger partial charge in [-0.25, -0.2) is 0 Å². The molecule has 1 aliphatic carbocycles. The van der Waals surface area contributed by atoms with Gasteiger partial charge in [-0.2, -0.15) is 0 Å². The number of nitrogens with one attached hydrogen (secondary N) is 1. The van der Waals surface area contributed by atoms with Crippen LogP contribution in [0.15, 0.2) is 24.3 Å². The molecule has 0 radical (unpaired) electrons. The van der Waals surface area contributed by atoms with Gasteiger partial charge >= 0.3 is 0 Å². The number of rotatable bonds is 4. The van der Waals surface area contributed by atoms with Crippen molar-refractivity contribution in [2.45, 2.75) is 39.7 Å². The first-order chi connectivity index (χ1) is 9.94. The van der Waals surface area contributed by atoms with E-state index in [1.165, 1.54) is 0 Å². The van der Waals surface area contributed by atoms with E-state index >= 15 is 0 Å². The standard InChI is InChI=1S/C18H23NO2/c1-13(19-17(21)16-12-18(16,2)3)15-9-7-14(8-10-15)6-4-5-11-20/h7-10,13,16,20H,5,11-12H2,1-3H3,(H,19,21). The van der Waals surface area contributed by atoms with Gasteiger partial charge in [0.15, 0.2) is 0 Å². The Labute approximate surface area is 126 Å². The molecule has 0 bridgehead atoms. The third-order valence-electron chi connectivity index (χ3n) is 4.07. The molecule has 0 saturated heterocycles. The number of benzene rings is 1. The van der Waals surface area contributed by atoms with Crippen molar-refractivity contribution >= 4 is 5.91 Å². The Morgan fingerprint density at radius 2 is 2.05 bits per heavy atom. The van der Waals surface area contributed by atoms with Crippen LogP contribution < -0.4 is 5.32 Å². The highest BCUT2D eigenvalue weighted by molar-refractivity contribution is 5.82. The molecule has 112 valence electrons. The monoisotopic (exact) mass is 285 g/mol. The van der Waals surface area contributed by atoms with Crippen molar-refractivity contribution in [1.82, 2.24) is 5.32 Å². The molecular weight excluding hydrogens is 262 g/mol. The Kier molecular flexibility index (Phi) is 4.69. The van der Waals surface area contributed by atoms with Gasteiger partial charge in [0.1, 0.15) is 0 Å². The van der Waals surface area contributed by atoms with E-state index in [-0.39, 0.29) is 29.9 Å². The van der Waals surface area contributed by atoms with Crippen LogP contribution in [0.4, 0.5) is 0 Å². The lowest BCUT2D eigenvalue weighted by atomic mass is 10.0. The Morgan fingerprint density at radius 1 is 1.43 bits per heavy atom. The van der Waals surface area contributed by atoms with Crippen molar-refractivity contribution in [1.29, 1.82) is 0 Å². The molecule has 2 N–H and O–H groups in total. The number of amides is 1. The Balaban J connectivity index is 1.93. The zero-order valence-electron chi connectivity index (χ0n) is 12.9. The average Bonchev–Trinajstić information content (AvgIpc) is 3.09. The molecule has 21 heavy (non-hydrogen) atoms. The van der Waals surface area contributed by atoms with Gasteiger partial charge in [-0.1, -0.05) is 37.8 Å². The fourth-order valence-corrected chi connectivity index (χ4v) is 2.39. The van der Waals surface area contributed by atoms with Crippen molar-refractivity contribution in [3.63, 3.8) is 0 Å². The molecule has 1 aromatic carbocycles. The second-order valence-corrected chi connectivity index (χ2v) is 6.37. The van der Waals surface area contributed by atoms with Gasteiger partial charge in [-0.05, 0) is 36.5 Å². The SMILES string of the molecule is CC(NC(=O)C1CC1(C)C)c1ccc(C#CCCO)cc1. The number of aliphatic hydroxyl groups is 1. The van der Waals surface area contributed by atoms with E-state index in [4.69, 9.17) is 5.11 Å². The van der Waals surface area contributed by atoms with E-state index in [2.05, 4.69) is 31.0 Å². The lowest BCUT2D eigenvalue weighted by molar-refractivity contribution is -0.123. The molecule has 1 aliphatic rings. The second-order valence-electron chi connectivity index (χ2n) is 6.37. The summed E-state index contributed by atoms with van der Waals surface area (Å²) >= 11 is 0. The fraction of sp³-hybridized carbons (Fsp3) is 0.500. The van der Waals surface area contributed by atoms with Crippen LogP contribution in [0.2, 0.25) is 0 Å². The first kappa shape index (κ1) is 15.6. The summed E-state index contributed by atoms with van der Waals surface area (Å²) in [4.78, 5) is 12.1. The fourth-order valence-electron chi connectivity index (χ4n) is 2.39. The van der Waals surface area contributed by atoms with Crippen LogP contribution in [-0.4, -0.2) is 17.6 Å². The zero-order valence-corrected chi connectivity index (χ0v) is 12.9. The van der Waals surface area contributed by atoms with Crippen LogP contribution in [-0.2, 0) is 4.79 Å². The summed E-state index contributed by atoms with van der Waals surface area (Å²) < 4.78 is 0. The van der Waals surface area contributed by atoms with Crippen LogP contribution in [0.1, 0.15) is 50.8 Å². The summed E-state index contributed by atoms with van der Waals surface area (Å²) in [6.45, 7) is 6.34. The van der Waals surface area contributed by atoms with Crippen LogP contribution in [0.25, 0.3) is 0 Å². The number of hydrogen-bond acceptors (Lipinski definition) is 2. The number of aliphatic hydroxyl groups excluding tert-OH is 1. The van der Waals surface area contributed by atoms with Gasteiger partial charge in [-0.15, -0.1) is 0 Å². The lowest BCUT2D eigenvalue weighted by Gasteiger charge is -2.15. The van der Waals surface area contributed by atoms with Crippen molar-refractivity contribution in [2.24, 2.45) is 11.3 Å². The highest BCUT2D eigenvalue weighted by atomic mass is 16.2. The third-order valence-corrected chi connectivity index (χ3v) is 4.07. The molecule has 0 aromatic heterocycles. The van der Waals surface area contributed by atoms with Gasteiger partial charge < -0.3 is 10.4 Å². The summed E-state index contributed by atoms with van der Waals surface area (Å²) in [7, 11) is 0. The molecular formula is C18H23NO2.